The monoisotopic (exact) mass is 506 g/mol. The molecule has 35 heavy (non-hydrogen) atoms. The van der Waals surface area contributed by atoms with Crippen LogP contribution in [0.25, 0.3) is 0 Å². The highest BCUT2D eigenvalue weighted by molar-refractivity contribution is 6.31. The van der Waals surface area contributed by atoms with E-state index < -0.39 is 29.7 Å². The van der Waals surface area contributed by atoms with Gasteiger partial charge in [0.25, 0.3) is 0 Å². The third-order valence-electron chi connectivity index (χ3n) is 4.93. The molecule has 0 bridgehead atoms. The Morgan fingerprint density at radius 2 is 1.86 bits per heavy atom. The van der Waals surface area contributed by atoms with Crippen LogP contribution in [0.15, 0.2) is 59.0 Å². The Morgan fingerprint density at radius 1 is 1.14 bits per heavy atom. The molecule has 1 aliphatic rings. The molecule has 1 heterocycles. The van der Waals surface area contributed by atoms with Gasteiger partial charge in [-0.2, -0.15) is 0 Å². The van der Waals surface area contributed by atoms with E-state index in [0.717, 1.165) is 12.2 Å². The van der Waals surface area contributed by atoms with E-state index in [1.807, 2.05) is 0 Å². The lowest BCUT2D eigenvalue weighted by molar-refractivity contribution is -0.139. The van der Waals surface area contributed by atoms with Crippen molar-refractivity contribution in [1.29, 1.82) is 0 Å². The fraction of sp³-hybridized carbons (Fsp3) is 0.333. The fourth-order valence-electron chi connectivity index (χ4n) is 3.49. The third kappa shape index (κ3) is 7.43. The van der Waals surface area contributed by atoms with Crippen molar-refractivity contribution < 1.29 is 38.5 Å². The number of aliphatic carboxylic acids is 1. The molecule has 1 aliphatic heterocycles. The summed E-state index contributed by atoms with van der Waals surface area (Å²) in [5.74, 6) is -3.96. The summed E-state index contributed by atoms with van der Waals surface area (Å²) in [4.78, 5) is 47.8. The van der Waals surface area contributed by atoms with Gasteiger partial charge in [0.1, 0.15) is 0 Å². The number of rotatable bonds is 11. The second-order valence-corrected chi connectivity index (χ2v) is 7.64. The van der Waals surface area contributed by atoms with Crippen molar-refractivity contribution in [2.75, 3.05) is 33.5 Å². The Bertz CT molecular complexity index is 1080. The minimum absolute atomic E-state index is 0.0668. The Morgan fingerprint density at radius 3 is 2.49 bits per heavy atom. The van der Waals surface area contributed by atoms with Crippen molar-refractivity contribution in [1.82, 2.24) is 10.6 Å². The van der Waals surface area contributed by atoms with Crippen LogP contribution in [0.3, 0.4) is 0 Å². The minimum atomic E-state index is -1.24. The number of halogens is 1. The second kappa shape index (κ2) is 13.3. The highest BCUT2D eigenvalue weighted by Crippen LogP contribution is 2.41. The van der Waals surface area contributed by atoms with Crippen LogP contribution in [0.2, 0.25) is 5.02 Å². The van der Waals surface area contributed by atoms with E-state index in [4.69, 9.17) is 30.9 Å². The lowest BCUT2D eigenvalue weighted by Crippen LogP contribution is -2.35. The van der Waals surface area contributed by atoms with Crippen molar-refractivity contribution in [2.45, 2.75) is 19.8 Å². The fourth-order valence-corrected chi connectivity index (χ4v) is 3.73. The van der Waals surface area contributed by atoms with Gasteiger partial charge >= 0.3 is 17.9 Å². The lowest BCUT2D eigenvalue weighted by atomic mass is 9.80. The first-order valence-electron chi connectivity index (χ1n) is 10.7. The number of carboxylic acids is 1. The maximum absolute atomic E-state index is 13.1. The molecule has 0 spiro atoms. The van der Waals surface area contributed by atoms with E-state index in [1.54, 1.807) is 38.1 Å². The summed E-state index contributed by atoms with van der Waals surface area (Å²) >= 11 is 6.45. The van der Waals surface area contributed by atoms with Gasteiger partial charge in [0.05, 0.1) is 49.7 Å². The number of carboxylic acid groups (broad SMARTS) is 1. The van der Waals surface area contributed by atoms with E-state index in [2.05, 4.69) is 10.6 Å². The van der Waals surface area contributed by atoms with E-state index >= 15 is 0 Å². The highest BCUT2D eigenvalue weighted by atomic mass is 35.5. The van der Waals surface area contributed by atoms with Crippen molar-refractivity contribution in [2.24, 2.45) is 0 Å². The number of nitrogens with one attached hydrogen (secondary N) is 2. The van der Waals surface area contributed by atoms with Crippen LogP contribution in [0.4, 0.5) is 0 Å². The SMILES string of the molecule is CCOC(=O)C1=C(COCCNC(=O)C=CC(=O)O)NC(C)=C(C(=O)OC)C1c1ccccc1Cl. The molecule has 0 saturated carbocycles. The maximum Gasteiger partial charge on any atom is 0.336 e. The maximum atomic E-state index is 13.1. The number of allylic oxidation sites excluding steroid dienone is 1. The quantitative estimate of drug-likeness (QED) is 0.233. The number of amides is 1. The molecule has 10 nitrogen and oxygen atoms in total. The molecule has 0 aliphatic carbocycles. The standard InChI is InChI=1S/C24H27ClN2O8/c1-4-35-24(32)22-17(13-34-12-11-26-18(28)9-10-19(29)30)27-14(2)20(23(31)33-3)21(22)15-7-5-6-8-16(15)25/h5-10,21,27H,4,11-13H2,1-3H3,(H,26,28)(H,29,30). The average Bonchev–Trinajstić information content (AvgIpc) is 2.82. The molecule has 11 heteroatoms. The van der Waals surface area contributed by atoms with Gasteiger partial charge in [-0.05, 0) is 25.5 Å². The van der Waals surface area contributed by atoms with Crippen LogP contribution < -0.4 is 10.6 Å². The molecule has 1 atom stereocenters. The van der Waals surface area contributed by atoms with Crippen LogP contribution in [0, 0.1) is 0 Å². The minimum Gasteiger partial charge on any atom is -0.478 e. The largest absolute Gasteiger partial charge is 0.478 e. The number of hydrogen-bond acceptors (Lipinski definition) is 8. The van der Waals surface area contributed by atoms with Gasteiger partial charge in [-0.3, -0.25) is 4.79 Å². The summed E-state index contributed by atoms with van der Waals surface area (Å²) in [7, 11) is 1.25. The van der Waals surface area contributed by atoms with Gasteiger partial charge in [0.15, 0.2) is 0 Å². The second-order valence-electron chi connectivity index (χ2n) is 7.24. The smallest absolute Gasteiger partial charge is 0.336 e. The molecule has 2 rings (SSSR count). The predicted octanol–water partition coefficient (Wildman–Crippen LogP) is 2.06. The van der Waals surface area contributed by atoms with Crippen LogP contribution in [-0.2, 0) is 33.4 Å². The van der Waals surface area contributed by atoms with Crippen molar-refractivity contribution in [3.8, 4) is 0 Å². The zero-order valence-electron chi connectivity index (χ0n) is 19.6. The molecule has 1 aromatic rings. The number of methoxy groups -OCH3 is 1. The van der Waals surface area contributed by atoms with Crippen LogP contribution in [0.5, 0.6) is 0 Å². The zero-order chi connectivity index (χ0) is 26.0. The number of hydrogen-bond donors (Lipinski definition) is 3. The first kappa shape index (κ1) is 27.6. The molecular formula is C24H27ClN2O8. The Kier molecular flexibility index (Phi) is 10.5. The first-order valence-corrected chi connectivity index (χ1v) is 11.1. The molecule has 0 fully saturated rings. The predicted molar refractivity (Wildman–Crippen MR) is 126 cm³/mol. The summed E-state index contributed by atoms with van der Waals surface area (Å²) in [6.07, 6.45) is 1.62. The topological polar surface area (TPSA) is 140 Å². The summed E-state index contributed by atoms with van der Waals surface area (Å²) in [6.45, 7) is 3.55. The summed E-state index contributed by atoms with van der Waals surface area (Å²) in [6, 6.07) is 6.85. The molecule has 0 aromatic heterocycles. The molecule has 0 saturated heterocycles. The van der Waals surface area contributed by atoms with Gasteiger partial charge in [-0.25, -0.2) is 14.4 Å². The Labute approximate surface area is 207 Å². The van der Waals surface area contributed by atoms with Crippen LogP contribution in [0.1, 0.15) is 25.3 Å². The van der Waals surface area contributed by atoms with Crippen LogP contribution >= 0.6 is 11.6 Å². The van der Waals surface area contributed by atoms with Gasteiger partial charge in [-0.1, -0.05) is 29.8 Å². The van der Waals surface area contributed by atoms with E-state index in [1.165, 1.54) is 7.11 Å². The molecular weight excluding hydrogens is 480 g/mol. The van der Waals surface area contributed by atoms with E-state index in [0.29, 0.717) is 22.0 Å². The first-order chi connectivity index (χ1) is 16.7. The van der Waals surface area contributed by atoms with E-state index in [-0.39, 0.29) is 37.5 Å². The number of esters is 2. The van der Waals surface area contributed by atoms with E-state index in [9.17, 15) is 19.2 Å². The molecule has 1 amide bonds. The van der Waals surface area contributed by atoms with Crippen molar-refractivity contribution >= 4 is 35.4 Å². The number of ether oxygens (including phenoxy) is 3. The summed E-state index contributed by atoms with van der Waals surface area (Å²) in [5.41, 5.74) is 1.72. The number of carbonyl (C=O) groups excluding carboxylic acids is 3. The molecule has 188 valence electrons. The number of dihydropyridines is 1. The van der Waals surface area contributed by atoms with Gasteiger partial charge in [0.2, 0.25) is 5.91 Å². The van der Waals surface area contributed by atoms with Gasteiger partial charge < -0.3 is 30.0 Å². The lowest BCUT2D eigenvalue weighted by Gasteiger charge is -2.31. The van der Waals surface area contributed by atoms with Crippen molar-refractivity contribution in [3.05, 3.63) is 69.5 Å². The zero-order valence-corrected chi connectivity index (χ0v) is 20.3. The number of benzene rings is 1. The molecule has 1 unspecified atom stereocenters. The Balaban J connectivity index is 2.34. The number of carbonyl (C=O) groups is 4. The summed E-state index contributed by atoms with van der Waals surface area (Å²) < 4.78 is 15.9. The van der Waals surface area contributed by atoms with Crippen molar-refractivity contribution in [3.63, 3.8) is 0 Å². The van der Waals surface area contributed by atoms with Gasteiger partial charge in [-0.15, -0.1) is 0 Å². The molecule has 3 N–H and O–H groups in total. The highest BCUT2D eigenvalue weighted by Gasteiger charge is 2.39. The molecule has 1 aromatic carbocycles. The average molecular weight is 507 g/mol. The Hall–Kier alpha value is -3.63. The third-order valence-corrected chi connectivity index (χ3v) is 5.28. The molecule has 0 radical (unpaired) electrons. The summed E-state index contributed by atoms with van der Waals surface area (Å²) in [5, 5.41) is 14.4. The normalized spacial score (nSPS) is 15.6. The van der Waals surface area contributed by atoms with Gasteiger partial charge in [0, 0.05) is 29.4 Å². The van der Waals surface area contributed by atoms with Crippen LogP contribution in [-0.4, -0.2) is 62.4 Å².